The number of nitrogens with one attached hydrogen (secondary N) is 1. The maximum Gasteiger partial charge on any atom is 0.375 e. The second kappa shape index (κ2) is 8.71. The second-order valence-corrected chi connectivity index (χ2v) is 6.49. The molecule has 0 aliphatic carbocycles. The minimum Gasteiger partial charge on any atom is -0.450 e. The van der Waals surface area contributed by atoms with Gasteiger partial charge < -0.3 is 19.2 Å². The number of fused-ring (bicyclic) bond motifs is 1. The van der Waals surface area contributed by atoms with E-state index in [9.17, 15) is 9.59 Å². The molecule has 3 rings (SSSR count). The number of furan rings is 1. The molecule has 0 radical (unpaired) electrons. The number of benzene rings is 2. The van der Waals surface area contributed by atoms with Gasteiger partial charge in [-0.2, -0.15) is 0 Å². The molecule has 1 amide bonds. The van der Waals surface area contributed by atoms with E-state index in [-0.39, 0.29) is 12.4 Å². The van der Waals surface area contributed by atoms with Crippen molar-refractivity contribution in [2.45, 2.75) is 27.4 Å². The van der Waals surface area contributed by atoms with Gasteiger partial charge in [0.15, 0.2) is 6.61 Å². The number of hydrogen-bond acceptors (Lipinski definition) is 5. The summed E-state index contributed by atoms with van der Waals surface area (Å²) < 4.78 is 16.3. The third-order valence-electron chi connectivity index (χ3n) is 4.32. The molecule has 2 aromatic carbocycles. The molecule has 0 saturated carbocycles. The number of ether oxygens (including phenoxy) is 2. The highest BCUT2D eigenvalue weighted by molar-refractivity contribution is 5.98. The van der Waals surface area contributed by atoms with Crippen molar-refractivity contribution in [1.29, 1.82) is 0 Å². The number of rotatable bonds is 7. The Morgan fingerprint density at radius 1 is 1.11 bits per heavy atom. The number of anilines is 1. The maximum atomic E-state index is 12.5. The molecule has 0 spiro atoms. The fraction of sp³-hybridized carbons (Fsp3) is 0.273. The van der Waals surface area contributed by atoms with Gasteiger partial charge in [0.2, 0.25) is 5.76 Å². The zero-order chi connectivity index (χ0) is 20.1. The van der Waals surface area contributed by atoms with Gasteiger partial charge in [-0.15, -0.1) is 0 Å². The number of para-hydroxylation sites is 1. The van der Waals surface area contributed by atoms with Crippen molar-refractivity contribution in [3.05, 3.63) is 64.9 Å². The molecule has 0 aliphatic heterocycles. The van der Waals surface area contributed by atoms with Gasteiger partial charge in [-0.3, -0.25) is 4.79 Å². The van der Waals surface area contributed by atoms with Crippen LogP contribution < -0.4 is 5.32 Å². The van der Waals surface area contributed by atoms with Crippen LogP contribution >= 0.6 is 0 Å². The molecule has 3 aromatic rings. The molecular weight excluding hydrogens is 358 g/mol. The Labute approximate surface area is 163 Å². The lowest BCUT2D eigenvalue weighted by Gasteiger charge is -2.09. The first-order chi connectivity index (χ1) is 13.5. The molecule has 0 fully saturated rings. The molecule has 1 aromatic heterocycles. The third kappa shape index (κ3) is 4.40. The van der Waals surface area contributed by atoms with E-state index in [0.717, 1.165) is 16.5 Å². The first-order valence-corrected chi connectivity index (χ1v) is 9.12. The predicted molar refractivity (Wildman–Crippen MR) is 106 cm³/mol. The molecule has 28 heavy (non-hydrogen) atoms. The van der Waals surface area contributed by atoms with Crippen molar-refractivity contribution in [2.24, 2.45) is 0 Å². The summed E-state index contributed by atoms with van der Waals surface area (Å²) in [6.07, 6.45) is 0. The largest absolute Gasteiger partial charge is 0.450 e. The number of carbonyl (C=O) groups is 2. The molecule has 1 heterocycles. The van der Waals surface area contributed by atoms with Gasteiger partial charge in [-0.1, -0.05) is 35.9 Å². The van der Waals surface area contributed by atoms with E-state index in [2.05, 4.69) is 5.32 Å². The zero-order valence-corrected chi connectivity index (χ0v) is 16.2. The van der Waals surface area contributed by atoms with Crippen LogP contribution in [0.25, 0.3) is 11.0 Å². The van der Waals surface area contributed by atoms with Gasteiger partial charge in [0.1, 0.15) is 5.58 Å². The summed E-state index contributed by atoms with van der Waals surface area (Å²) in [7, 11) is 0. The summed E-state index contributed by atoms with van der Waals surface area (Å²) in [5, 5.41) is 3.54. The molecule has 1 N–H and O–H groups in total. The highest BCUT2D eigenvalue weighted by atomic mass is 16.5. The number of hydrogen-bond donors (Lipinski definition) is 1. The molecule has 0 bridgehead atoms. The Kier molecular flexibility index (Phi) is 6.11. The van der Waals surface area contributed by atoms with Crippen LogP contribution in [0.4, 0.5) is 5.69 Å². The standard InChI is InChI=1S/C22H23NO5/c1-4-26-12-17-16-7-5-6-8-19(16)28-21(17)22(25)27-13-20(24)23-18-10-9-14(2)11-15(18)3/h5-11H,4,12-13H2,1-3H3,(H,23,24). The van der Waals surface area contributed by atoms with Crippen molar-refractivity contribution in [3.63, 3.8) is 0 Å². The Bertz CT molecular complexity index is 1010. The molecule has 6 nitrogen and oxygen atoms in total. The Hall–Kier alpha value is -3.12. The minimum atomic E-state index is -0.693. The lowest BCUT2D eigenvalue weighted by atomic mass is 10.1. The van der Waals surface area contributed by atoms with Gasteiger partial charge in [-0.25, -0.2) is 4.79 Å². The molecule has 0 aliphatic rings. The molecule has 0 atom stereocenters. The summed E-state index contributed by atoms with van der Waals surface area (Å²) in [4.78, 5) is 24.7. The van der Waals surface area contributed by atoms with E-state index >= 15 is 0 Å². The monoisotopic (exact) mass is 381 g/mol. The van der Waals surface area contributed by atoms with Crippen molar-refractivity contribution in [2.75, 3.05) is 18.5 Å². The normalized spacial score (nSPS) is 10.8. The van der Waals surface area contributed by atoms with Crippen LogP contribution in [0.2, 0.25) is 0 Å². The van der Waals surface area contributed by atoms with E-state index in [1.165, 1.54) is 0 Å². The van der Waals surface area contributed by atoms with E-state index < -0.39 is 18.5 Å². The van der Waals surface area contributed by atoms with Gasteiger partial charge in [-0.05, 0) is 38.5 Å². The number of esters is 1. The summed E-state index contributed by atoms with van der Waals surface area (Å²) in [6, 6.07) is 13.0. The van der Waals surface area contributed by atoms with Gasteiger partial charge in [0.25, 0.3) is 5.91 Å². The maximum absolute atomic E-state index is 12.5. The van der Waals surface area contributed by atoms with Crippen LogP contribution in [-0.4, -0.2) is 25.1 Å². The summed E-state index contributed by atoms with van der Waals surface area (Å²) in [5.41, 5.74) is 3.93. The van der Waals surface area contributed by atoms with Gasteiger partial charge in [0.05, 0.1) is 6.61 Å². The fourth-order valence-corrected chi connectivity index (χ4v) is 2.95. The smallest absolute Gasteiger partial charge is 0.375 e. The van der Waals surface area contributed by atoms with Crippen molar-refractivity contribution >= 4 is 28.5 Å². The first kappa shape index (κ1) is 19.6. The third-order valence-corrected chi connectivity index (χ3v) is 4.32. The van der Waals surface area contributed by atoms with Crippen LogP contribution in [0.5, 0.6) is 0 Å². The molecule has 0 saturated heterocycles. The Balaban J connectivity index is 1.69. The SMILES string of the molecule is CCOCc1c(C(=O)OCC(=O)Nc2ccc(C)cc2C)oc2ccccc12. The van der Waals surface area contributed by atoms with E-state index in [1.807, 2.05) is 57.2 Å². The molecular formula is C22H23NO5. The Morgan fingerprint density at radius 3 is 2.64 bits per heavy atom. The number of carbonyl (C=O) groups excluding carboxylic acids is 2. The Morgan fingerprint density at radius 2 is 1.89 bits per heavy atom. The average Bonchev–Trinajstić information content (AvgIpc) is 3.05. The van der Waals surface area contributed by atoms with E-state index in [0.29, 0.717) is 23.4 Å². The van der Waals surface area contributed by atoms with E-state index in [4.69, 9.17) is 13.9 Å². The van der Waals surface area contributed by atoms with Crippen LogP contribution in [0, 0.1) is 13.8 Å². The minimum absolute atomic E-state index is 0.0639. The molecule has 6 heteroatoms. The topological polar surface area (TPSA) is 77.8 Å². The van der Waals surface area contributed by atoms with Gasteiger partial charge in [0, 0.05) is 23.2 Å². The second-order valence-electron chi connectivity index (χ2n) is 6.49. The highest BCUT2D eigenvalue weighted by Crippen LogP contribution is 2.27. The lowest BCUT2D eigenvalue weighted by molar-refractivity contribution is -0.119. The fourth-order valence-electron chi connectivity index (χ4n) is 2.95. The van der Waals surface area contributed by atoms with Crippen molar-refractivity contribution in [3.8, 4) is 0 Å². The lowest BCUT2D eigenvalue weighted by Crippen LogP contribution is -2.21. The summed E-state index contributed by atoms with van der Waals surface area (Å²) >= 11 is 0. The molecule has 0 unspecified atom stereocenters. The van der Waals surface area contributed by atoms with Crippen LogP contribution in [0.1, 0.15) is 34.2 Å². The van der Waals surface area contributed by atoms with Crippen LogP contribution in [-0.2, 0) is 20.9 Å². The number of aryl methyl sites for hydroxylation is 2. The first-order valence-electron chi connectivity index (χ1n) is 9.12. The van der Waals surface area contributed by atoms with Gasteiger partial charge >= 0.3 is 5.97 Å². The quantitative estimate of drug-likeness (QED) is 0.615. The zero-order valence-electron chi connectivity index (χ0n) is 16.2. The van der Waals surface area contributed by atoms with Crippen LogP contribution in [0.15, 0.2) is 46.9 Å². The average molecular weight is 381 g/mol. The van der Waals surface area contributed by atoms with Crippen LogP contribution in [0.3, 0.4) is 0 Å². The predicted octanol–water partition coefficient (Wildman–Crippen LogP) is 4.38. The van der Waals surface area contributed by atoms with Crippen molar-refractivity contribution < 1.29 is 23.5 Å². The molecule has 146 valence electrons. The highest BCUT2D eigenvalue weighted by Gasteiger charge is 2.22. The summed E-state index contributed by atoms with van der Waals surface area (Å²) in [6.45, 7) is 6.09. The number of amides is 1. The van der Waals surface area contributed by atoms with Crippen molar-refractivity contribution in [1.82, 2.24) is 0 Å². The van der Waals surface area contributed by atoms with E-state index in [1.54, 1.807) is 6.07 Å². The summed E-state index contributed by atoms with van der Waals surface area (Å²) in [5.74, 6) is -1.04.